The highest BCUT2D eigenvalue weighted by Crippen LogP contribution is 2.23. The van der Waals surface area contributed by atoms with Gasteiger partial charge >= 0.3 is 0 Å². The Bertz CT molecular complexity index is 1120. The number of piperazine rings is 1. The third kappa shape index (κ3) is 5.34. The summed E-state index contributed by atoms with van der Waals surface area (Å²) in [6.45, 7) is 4.88. The third-order valence-corrected chi connectivity index (χ3v) is 6.73. The number of aromatic amines is 1. The minimum Gasteiger partial charge on any atom is -0.336 e. The maximum atomic E-state index is 12.9. The van der Waals surface area contributed by atoms with Crippen LogP contribution < -0.4 is 5.56 Å². The van der Waals surface area contributed by atoms with Crippen LogP contribution in [-0.2, 0) is 11.3 Å². The molecule has 160 valence electrons. The van der Waals surface area contributed by atoms with E-state index in [2.05, 4.69) is 22.0 Å². The van der Waals surface area contributed by atoms with Crippen molar-refractivity contribution in [3.05, 3.63) is 85.9 Å². The molecule has 1 fully saturated rings. The molecule has 1 aliphatic rings. The molecule has 0 aliphatic carbocycles. The molecule has 1 aromatic carbocycles. The Balaban J connectivity index is 1.34. The Kier molecular flexibility index (Phi) is 6.70. The SMILES string of the molecule is CC1C(=O)N(Cc2ccc(-c3ccc(=O)[nH]c3)cc2)CCN1CC=Cc1ccc(Cl)s1. The Morgan fingerprint density at radius 2 is 1.84 bits per heavy atom. The number of rotatable bonds is 6. The van der Waals surface area contributed by atoms with Crippen LogP contribution in [0.25, 0.3) is 17.2 Å². The van der Waals surface area contributed by atoms with E-state index in [1.165, 1.54) is 6.07 Å². The van der Waals surface area contributed by atoms with Crippen molar-refractivity contribution >= 4 is 34.9 Å². The van der Waals surface area contributed by atoms with Crippen LogP contribution in [0.2, 0.25) is 4.34 Å². The van der Waals surface area contributed by atoms with E-state index in [9.17, 15) is 9.59 Å². The predicted octanol–water partition coefficient (Wildman–Crippen LogP) is 4.50. The quantitative estimate of drug-likeness (QED) is 0.597. The van der Waals surface area contributed by atoms with Gasteiger partial charge in [-0.25, -0.2) is 0 Å². The molecule has 1 N–H and O–H groups in total. The molecule has 31 heavy (non-hydrogen) atoms. The number of nitrogens with zero attached hydrogens (tertiary/aromatic N) is 2. The van der Waals surface area contributed by atoms with Crippen LogP contribution in [0.4, 0.5) is 0 Å². The number of aromatic nitrogens is 1. The summed E-state index contributed by atoms with van der Waals surface area (Å²) in [6.07, 6.45) is 5.87. The number of hydrogen-bond donors (Lipinski definition) is 1. The number of benzene rings is 1. The molecule has 4 rings (SSSR count). The minimum atomic E-state index is -0.147. The van der Waals surface area contributed by atoms with Crippen molar-refractivity contribution in [1.82, 2.24) is 14.8 Å². The van der Waals surface area contributed by atoms with Crippen molar-refractivity contribution in [2.24, 2.45) is 0 Å². The first-order valence-electron chi connectivity index (χ1n) is 10.2. The maximum absolute atomic E-state index is 12.9. The number of amides is 1. The zero-order valence-electron chi connectivity index (χ0n) is 17.3. The van der Waals surface area contributed by atoms with Crippen LogP contribution >= 0.6 is 22.9 Å². The molecule has 1 atom stereocenters. The van der Waals surface area contributed by atoms with Gasteiger partial charge in [0, 0.05) is 43.3 Å². The first kappa shape index (κ1) is 21.6. The Labute approximate surface area is 190 Å². The predicted molar refractivity (Wildman–Crippen MR) is 127 cm³/mol. The molecule has 3 heterocycles. The van der Waals surface area contributed by atoms with Crippen molar-refractivity contribution in [1.29, 1.82) is 0 Å². The Hall–Kier alpha value is -2.67. The van der Waals surface area contributed by atoms with Gasteiger partial charge in [-0.05, 0) is 47.9 Å². The number of pyridine rings is 1. The summed E-state index contributed by atoms with van der Waals surface area (Å²) in [5.74, 6) is 0.156. The number of nitrogens with one attached hydrogen (secondary N) is 1. The van der Waals surface area contributed by atoms with E-state index < -0.39 is 0 Å². The molecule has 1 amide bonds. The third-order valence-electron chi connectivity index (χ3n) is 5.53. The van der Waals surface area contributed by atoms with Gasteiger partial charge in [-0.2, -0.15) is 0 Å². The van der Waals surface area contributed by atoms with Crippen LogP contribution in [0.15, 0.2) is 65.6 Å². The number of thiophene rings is 1. The Morgan fingerprint density at radius 1 is 1.06 bits per heavy atom. The molecule has 7 heteroatoms. The van der Waals surface area contributed by atoms with Crippen molar-refractivity contribution in [2.45, 2.75) is 19.5 Å². The average molecular weight is 454 g/mol. The van der Waals surface area contributed by atoms with Crippen LogP contribution in [0, 0.1) is 0 Å². The summed E-state index contributed by atoms with van der Waals surface area (Å²) in [5, 5.41) is 0. The minimum absolute atomic E-state index is 0.112. The van der Waals surface area contributed by atoms with E-state index >= 15 is 0 Å². The lowest BCUT2D eigenvalue weighted by Crippen LogP contribution is -2.55. The van der Waals surface area contributed by atoms with E-state index in [0.29, 0.717) is 13.1 Å². The summed E-state index contributed by atoms with van der Waals surface area (Å²) in [4.78, 5) is 32.1. The fraction of sp³-hybridized carbons (Fsp3) is 0.250. The molecule has 1 aliphatic heterocycles. The molecule has 1 saturated heterocycles. The molecule has 0 saturated carbocycles. The van der Waals surface area contributed by atoms with Crippen molar-refractivity contribution in [3.63, 3.8) is 0 Å². The highest BCUT2D eigenvalue weighted by atomic mass is 35.5. The van der Waals surface area contributed by atoms with Gasteiger partial charge < -0.3 is 9.88 Å². The first-order chi connectivity index (χ1) is 15.0. The van der Waals surface area contributed by atoms with E-state index in [1.807, 2.05) is 48.2 Å². The van der Waals surface area contributed by atoms with Gasteiger partial charge in [-0.1, -0.05) is 41.9 Å². The zero-order valence-corrected chi connectivity index (χ0v) is 18.8. The standard InChI is InChI=1S/C24H24ClN3O2S/c1-17-24(30)28(14-13-27(17)12-2-3-21-9-10-22(25)31-21)16-18-4-6-19(7-5-18)20-8-11-23(29)26-15-20/h2-11,15,17H,12-14,16H2,1H3,(H,26,29). The topological polar surface area (TPSA) is 56.4 Å². The molecular formula is C24H24ClN3O2S. The number of carbonyl (C=O) groups is 1. The normalized spacial score (nSPS) is 17.5. The number of hydrogen-bond acceptors (Lipinski definition) is 4. The second-order valence-corrected chi connectivity index (χ2v) is 9.36. The molecule has 2 aromatic heterocycles. The van der Waals surface area contributed by atoms with E-state index in [1.54, 1.807) is 23.6 Å². The van der Waals surface area contributed by atoms with Crippen molar-refractivity contribution in [3.8, 4) is 11.1 Å². The number of H-pyrrole nitrogens is 1. The fourth-order valence-corrected chi connectivity index (χ4v) is 4.71. The molecule has 3 aromatic rings. The number of carbonyl (C=O) groups excluding carboxylic acids is 1. The lowest BCUT2D eigenvalue weighted by atomic mass is 10.0. The van der Waals surface area contributed by atoms with E-state index in [0.717, 1.165) is 39.0 Å². The van der Waals surface area contributed by atoms with Gasteiger partial charge in [0.15, 0.2) is 0 Å². The van der Waals surface area contributed by atoms with Crippen molar-refractivity contribution < 1.29 is 4.79 Å². The molecule has 0 radical (unpaired) electrons. The van der Waals surface area contributed by atoms with Gasteiger partial charge in [-0.15, -0.1) is 11.3 Å². The summed E-state index contributed by atoms with van der Waals surface area (Å²) in [5.41, 5.74) is 2.97. The highest BCUT2D eigenvalue weighted by Gasteiger charge is 2.30. The van der Waals surface area contributed by atoms with Crippen LogP contribution in [0.5, 0.6) is 0 Å². The van der Waals surface area contributed by atoms with E-state index in [4.69, 9.17) is 11.6 Å². The lowest BCUT2D eigenvalue weighted by Gasteiger charge is -2.38. The summed E-state index contributed by atoms with van der Waals surface area (Å²) in [6, 6.07) is 15.2. The summed E-state index contributed by atoms with van der Waals surface area (Å²) in [7, 11) is 0. The zero-order chi connectivity index (χ0) is 21.8. The van der Waals surface area contributed by atoms with Crippen molar-refractivity contribution in [2.75, 3.05) is 19.6 Å². The molecule has 5 nitrogen and oxygen atoms in total. The van der Waals surface area contributed by atoms with Gasteiger partial charge in [-0.3, -0.25) is 14.5 Å². The molecule has 1 unspecified atom stereocenters. The van der Waals surface area contributed by atoms with Crippen LogP contribution in [0.1, 0.15) is 17.4 Å². The monoisotopic (exact) mass is 453 g/mol. The molecule has 0 bridgehead atoms. The summed E-state index contributed by atoms with van der Waals surface area (Å²) >= 11 is 7.52. The highest BCUT2D eigenvalue weighted by molar-refractivity contribution is 7.16. The van der Waals surface area contributed by atoms with Gasteiger partial charge in [0.05, 0.1) is 10.4 Å². The molecular weight excluding hydrogens is 430 g/mol. The van der Waals surface area contributed by atoms with Crippen LogP contribution in [0.3, 0.4) is 0 Å². The second-order valence-electron chi connectivity index (χ2n) is 7.61. The van der Waals surface area contributed by atoms with Gasteiger partial charge in [0.25, 0.3) is 0 Å². The van der Waals surface area contributed by atoms with Gasteiger partial charge in [0.1, 0.15) is 0 Å². The fourth-order valence-electron chi connectivity index (χ4n) is 3.72. The van der Waals surface area contributed by atoms with E-state index in [-0.39, 0.29) is 17.5 Å². The number of halogens is 1. The summed E-state index contributed by atoms with van der Waals surface area (Å²) < 4.78 is 0.781. The molecule has 0 spiro atoms. The Morgan fingerprint density at radius 3 is 2.52 bits per heavy atom. The maximum Gasteiger partial charge on any atom is 0.247 e. The average Bonchev–Trinajstić information content (AvgIpc) is 3.19. The first-order valence-corrected chi connectivity index (χ1v) is 11.4. The lowest BCUT2D eigenvalue weighted by molar-refractivity contribution is -0.141. The smallest absolute Gasteiger partial charge is 0.247 e. The second kappa shape index (κ2) is 9.64. The van der Waals surface area contributed by atoms with Crippen LogP contribution in [-0.4, -0.2) is 46.4 Å². The van der Waals surface area contributed by atoms with Gasteiger partial charge in [0.2, 0.25) is 11.5 Å². The largest absolute Gasteiger partial charge is 0.336 e.